The molecule has 0 spiro atoms. The van der Waals surface area contributed by atoms with Crippen molar-refractivity contribution >= 4 is 23.1 Å². The summed E-state index contributed by atoms with van der Waals surface area (Å²) in [6.45, 7) is 0. The maximum absolute atomic E-state index is 10.2. The number of H-pyrrole nitrogens is 1. The molecule has 2 aromatic rings. The number of nitrogens with zero attached hydrogens (tertiary/aromatic N) is 2. The molecule has 0 saturated heterocycles. The Hall–Kier alpha value is -1.92. The molecule has 18 heavy (non-hydrogen) atoms. The van der Waals surface area contributed by atoms with E-state index >= 15 is 0 Å². The van der Waals surface area contributed by atoms with E-state index in [9.17, 15) is 10.1 Å². The van der Waals surface area contributed by atoms with Gasteiger partial charge in [0.25, 0.3) is 0 Å². The molecular formula is C10H10Cl2N4O2. The monoisotopic (exact) mass is 288 g/mol. The van der Waals surface area contributed by atoms with Crippen molar-refractivity contribution in [3.63, 3.8) is 0 Å². The molecule has 0 fully saturated rings. The summed E-state index contributed by atoms with van der Waals surface area (Å²) in [5.74, 6) is -0.0394. The van der Waals surface area contributed by atoms with Crippen molar-refractivity contribution in [2.45, 2.75) is 0 Å². The zero-order valence-electron chi connectivity index (χ0n) is 9.09. The van der Waals surface area contributed by atoms with Gasteiger partial charge in [0.15, 0.2) is 5.15 Å². The van der Waals surface area contributed by atoms with Crippen molar-refractivity contribution in [1.29, 1.82) is 0 Å². The molecule has 0 bridgehead atoms. The van der Waals surface area contributed by atoms with Crippen molar-refractivity contribution in [3.8, 4) is 0 Å². The second-order valence-corrected chi connectivity index (χ2v) is 3.29. The van der Waals surface area contributed by atoms with E-state index in [0.717, 1.165) is 0 Å². The van der Waals surface area contributed by atoms with E-state index in [1.807, 2.05) is 18.2 Å². The van der Waals surface area contributed by atoms with Crippen LogP contribution in [0.4, 0.5) is 11.5 Å². The third kappa shape index (κ3) is 5.42. The Morgan fingerprint density at radius 3 is 2.22 bits per heavy atom. The van der Waals surface area contributed by atoms with Gasteiger partial charge in [-0.25, -0.2) is 4.98 Å². The summed E-state index contributed by atoms with van der Waals surface area (Å²) in [5, 5.41) is 10.5. The summed E-state index contributed by atoms with van der Waals surface area (Å²) in [7, 11) is 0. The topological polar surface area (TPSA) is 96.2 Å². The van der Waals surface area contributed by atoms with Gasteiger partial charge in [-0.3, -0.25) is 20.8 Å². The van der Waals surface area contributed by atoms with E-state index in [4.69, 9.17) is 17.3 Å². The van der Waals surface area contributed by atoms with Crippen molar-refractivity contribution < 1.29 is 22.3 Å². The Morgan fingerprint density at radius 2 is 1.89 bits per heavy atom. The summed E-state index contributed by atoms with van der Waals surface area (Å²) >= 11 is 5.46. The number of aromatic nitrogens is 2. The summed E-state index contributed by atoms with van der Waals surface area (Å²) in [4.78, 5) is 15.8. The van der Waals surface area contributed by atoms with Crippen LogP contribution in [0.2, 0.25) is 5.15 Å². The van der Waals surface area contributed by atoms with Gasteiger partial charge < -0.3 is 12.4 Å². The summed E-state index contributed by atoms with van der Waals surface area (Å²) < 4.78 is 0. The van der Waals surface area contributed by atoms with E-state index in [1.54, 1.807) is 12.4 Å². The van der Waals surface area contributed by atoms with Gasteiger partial charge in [-0.1, -0.05) is 6.07 Å². The maximum Gasteiger partial charge on any atom is 0.357 e. The van der Waals surface area contributed by atoms with Gasteiger partial charge in [-0.15, -0.1) is 0 Å². The van der Waals surface area contributed by atoms with Crippen molar-refractivity contribution in [3.05, 3.63) is 58.0 Å². The third-order valence-electron chi connectivity index (χ3n) is 1.68. The predicted octanol–water partition coefficient (Wildman–Crippen LogP) is -1.27. The lowest BCUT2D eigenvalue weighted by atomic mass is 10.4. The molecular weight excluding hydrogens is 279 g/mol. The van der Waals surface area contributed by atoms with Crippen LogP contribution in [0, 0.1) is 10.1 Å². The van der Waals surface area contributed by atoms with E-state index in [2.05, 4.69) is 9.97 Å². The van der Waals surface area contributed by atoms with E-state index < -0.39 is 4.92 Å². The lowest BCUT2D eigenvalue weighted by Crippen LogP contribution is -3.00. The average Bonchev–Trinajstić information content (AvgIpc) is 2.31. The molecule has 6 nitrogen and oxygen atoms in total. The van der Waals surface area contributed by atoms with Crippen molar-refractivity contribution in [1.82, 2.24) is 4.98 Å². The summed E-state index contributed by atoms with van der Waals surface area (Å²) in [6.07, 6.45) is 3.50. The molecule has 2 aromatic heterocycles. The number of rotatable bonds is 1. The lowest BCUT2D eigenvalue weighted by molar-refractivity contribution is -0.408. The number of nitro groups is 1. The summed E-state index contributed by atoms with van der Waals surface area (Å²) in [5.41, 5.74) is 5.07. The van der Waals surface area contributed by atoms with Gasteiger partial charge >= 0.3 is 11.5 Å². The number of nitrogens with one attached hydrogen (secondary N) is 1. The fourth-order valence-electron chi connectivity index (χ4n) is 0.948. The zero-order valence-corrected chi connectivity index (χ0v) is 10.6. The van der Waals surface area contributed by atoms with Gasteiger partial charge in [0.1, 0.15) is 0 Å². The smallest absolute Gasteiger partial charge is 0.357 e. The lowest BCUT2D eigenvalue weighted by Gasteiger charge is -1.89. The van der Waals surface area contributed by atoms with Crippen LogP contribution in [-0.4, -0.2) is 9.91 Å². The highest BCUT2D eigenvalue weighted by Gasteiger charge is 2.16. The predicted molar refractivity (Wildman–Crippen MR) is 63.3 cm³/mol. The second kappa shape index (κ2) is 8.21. The number of nitrogen functional groups attached to an aromatic ring is 1. The van der Waals surface area contributed by atoms with E-state index in [0.29, 0.717) is 0 Å². The first-order chi connectivity index (χ1) is 8.11. The van der Waals surface area contributed by atoms with Gasteiger partial charge in [-0.2, -0.15) is 0 Å². The number of nitrogens with two attached hydrogens (primary N) is 1. The van der Waals surface area contributed by atoms with Crippen LogP contribution in [-0.2, 0) is 0 Å². The van der Waals surface area contributed by atoms with E-state index in [-0.39, 0.29) is 29.1 Å². The maximum atomic E-state index is 10.2. The molecule has 0 aromatic carbocycles. The molecule has 0 aliphatic carbocycles. The molecule has 0 aliphatic rings. The van der Waals surface area contributed by atoms with Gasteiger partial charge in [0.2, 0.25) is 0 Å². The Labute approximate surface area is 114 Å². The SMILES string of the molecule is Nc1[nH+]c(Cl)ccc1[N+](=O)[O-].[Cl-].c1ccncc1. The molecule has 0 radical (unpaired) electrons. The molecule has 0 atom stereocenters. The number of hydrogen-bond donors (Lipinski definition) is 1. The van der Waals surface area contributed by atoms with Gasteiger partial charge in [-0.05, 0) is 23.7 Å². The molecule has 3 N–H and O–H groups in total. The second-order valence-electron chi connectivity index (χ2n) is 2.89. The zero-order chi connectivity index (χ0) is 12.7. The molecule has 0 aliphatic heterocycles. The highest BCUT2D eigenvalue weighted by Crippen LogP contribution is 2.16. The van der Waals surface area contributed by atoms with E-state index in [1.165, 1.54) is 12.1 Å². The van der Waals surface area contributed by atoms with Crippen LogP contribution in [0.3, 0.4) is 0 Å². The molecule has 2 rings (SSSR count). The molecule has 0 amide bonds. The normalized spacial score (nSPS) is 8.50. The highest BCUT2D eigenvalue weighted by atomic mass is 35.5. The van der Waals surface area contributed by atoms with Crippen molar-refractivity contribution in [2.24, 2.45) is 0 Å². The van der Waals surface area contributed by atoms with Crippen LogP contribution in [0.5, 0.6) is 0 Å². The fraction of sp³-hybridized carbons (Fsp3) is 0. The minimum Gasteiger partial charge on any atom is -1.00 e. The van der Waals surface area contributed by atoms with Crippen LogP contribution in [0.1, 0.15) is 0 Å². The minimum atomic E-state index is -0.581. The largest absolute Gasteiger partial charge is 1.00 e. The Bertz CT molecular complexity index is 470. The highest BCUT2D eigenvalue weighted by molar-refractivity contribution is 6.28. The Morgan fingerprint density at radius 1 is 1.28 bits per heavy atom. The van der Waals surface area contributed by atoms with Crippen molar-refractivity contribution in [2.75, 3.05) is 5.73 Å². The number of pyridine rings is 2. The minimum absolute atomic E-state index is 0. The van der Waals surface area contributed by atoms with Gasteiger partial charge in [0.05, 0.1) is 4.92 Å². The average molecular weight is 289 g/mol. The third-order valence-corrected chi connectivity index (χ3v) is 1.90. The first-order valence-electron chi connectivity index (χ1n) is 4.58. The number of aromatic amines is 1. The van der Waals surface area contributed by atoms with Gasteiger partial charge in [0, 0.05) is 24.5 Å². The number of hydrogen-bond acceptors (Lipinski definition) is 4. The molecule has 8 heteroatoms. The fourth-order valence-corrected chi connectivity index (χ4v) is 1.11. The molecule has 2 heterocycles. The first kappa shape index (κ1) is 16.1. The number of anilines is 1. The number of halogens is 2. The van der Waals surface area contributed by atoms with Crippen LogP contribution >= 0.6 is 11.6 Å². The summed E-state index contributed by atoms with van der Waals surface area (Å²) in [6, 6.07) is 8.33. The quantitative estimate of drug-likeness (QED) is 0.402. The van der Waals surface area contributed by atoms with Crippen LogP contribution in [0.15, 0.2) is 42.7 Å². The van der Waals surface area contributed by atoms with Crippen LogP contribution < -0.4 is 23.1 Å². The van der Waals surface area contributed by atoms with Crippen LogP contribution in [0.25, 0.3) is 0 Å². The molecule has 0 saturated carbocycles. The molecule has 96 valence electrons. The first-order valence-corrected chi connectivity index (χ1v) is 4.95. The Kier molecular flexibility index (Phi) is 7.34. The standard InChI is InChI=1S/C5H4ClN3O2.C5H5N.ClH/c6-4-2-1-3(9(10)11)5(7)8-4;1-2-4-6-5-3-1;/h1-2H,(H2,7,8);1-5H;1H. The Balaban J connectivity index is 0.000000352. The molecule has 0 unspecified atom stereocenters.